The SMILES string of the molecule is CC.CC(C)N(C)[C@@H]1CCC(CCCN(C(=O)Cc2cccc(C=O)c2)C2CC2)NC1.CN. The van der Waals surface area contributed by atoms with E-state index in [1.54, 1.807) is 6.07 Å². The molecular formula is C27H48N4O2. The van der Waals surface area contributed by atoms with Crippen molar-refractivity contribution in [3.63, 3.8) is 0 Å². The zero-order chi connectivity index (χ0) is 24.8. The Morgan fingerprint density at radius 3 is 2.36 bits per heavy atom. The van der Waals surface area contributed by atoms with Gasteiger partial charge in [-0.1, -0.05) is 32.0 Å². The van der Waals surface area contributed by atoms with E-state index in [4.69, 9.17) is 0 Å². The molecule has 0 spiro atoms. The first-order valence-corrected chi connectivity index (χ1v) is 12.8. The second-order valence-corrected chi connectivity index (χ2v) is 9.10. The molecular weight excluding hydrogens is 412 g/mol. The van der Waals surface area contributed by atoms with Gasteiger partial charge in [0.2, 0.25) is 5.91 Å². The number of nitrogens with zero attached hydrogens (tertiary/aromatic N) is 2. The van der Waals surface area contributed by atoms with Crippen LogP contribution < -0.4 is 11.1 Å². The lowest BCUT2D eigenvalue weighted by molar-refractivity contribution is -0.131. The molecule has 1 heterocycles. The highest BCUT2D eigenvalue weighted by Crippen LogP contribution is 2.28. The lowest BCUT2D eigenvalue weighted by Gasteiger charge is -2.37. The molecule has 6 heteroatoms. The van der Waals surface area contributed by atoms with E-state index < -0.39 is 0 Å². The highest BCUT2D eigenvalue weighted by Gasteiger charge is 2.32. The minimum absolute atomic E-state index is 0.200. The predicted molar refractivity (Wildman–Crippen MR) is 139 cm³/mol. The summed E-state index contributed by atoms with van der Waals surface area (Å²) in [6.07, 6.45) is 8.16. The topological polar surface area (TPSA) is 78.7 Å². The Balaban J connectivity index is 0.00000129. The van der Waals surface area contributed by atoms with Gasteiger partial charge in [-0.3, -0.25) is 14.5 Å². The minimum atomic E-state index is 0.200. The van der Waals surface area contributed by atoms with Crippen molar-refractivity contribution in [3.8, 4) is 0 Å². The van der Waals surface area contributed by atoms with Crippen LogP contribution in [0.2, 0.25) is 0 Å². The van der Waals surface area contributed by atoms with Crippen LogP contribution in [0.4, 0.5) is 0 Å². The Morgan fingerprint density at radius 1 is 1.15 bits per heavy atom. The summed E-state index contributed by atoms with van der Waals surface area (Å²) >= 11 is 0. The summed E-state index contributed by atoms with van der Waals surface area (Å²) in [4.78, 5) is 28.4. The predicted octanol–water partition coefficient (Wildman–Crippen LogP) is 3.87. The van der Waals surface area contributed by atoms with E-state index in [0.29, 0.717) is 36.2 Å². The summed E-state index contributed by atoms with van der Waals surface area (Å²) in [5.41, 5.74) is 6.07. The van der Waals surface area contributed by atoms with Gasteiger partial charge in [0.05, 0.1) is 6.42 Å². The van der Waals surface area contributed by atoms with Crippen molar-refractivity contribution in [2.75, 3.05) is 27.2 Å². The first kappa shape index (κ1) is 29.3. The second-order valence-electron chi connectivity index (χ2n) is 9.10. The Kier molecular flexibility index (Phi) is 14.2. The molecule has 1 aliphatic carbocycles. The van der Waals surface area contributed by atoms with E-state index in [-0.39, 0.29) is 5.91 Å². The summed E-state index contributed by atoms with van der Waals surface area (Å²) in [5, 5.41) is 3.73. The number of rotatable bonds is 10. The fourth-order valence-electron chi connectivity index (χ4n) is 4.37. The first-order chi connectivity index (χ1) is 16.0. The van der Waals surface area contributed by atoms with Gasteiger partial charge in [0, 0.05) is 42.8 Å². The number of likely N-dealkylation sites (N-methyl/N-ethyl adjacent to an activating group) is 1. The van der Waals surface area contributed by atoms with Gasteiger partial charge in [-0.15, -0.1) is 0 Å². The number of nitrogens with one attached hydrogen (secondary N) is 1. The van der Waals surface area contributed by atoms with Crippen LogP contribution in [0.15, 0.2) is 24.3 Å². The number of hydrogen-bond donors (Lipinski definition) is 2. The van der Waals surface area contributed by atoms with Crippen molar-refractivity contribution in [2.24, 2.45) is 5.73 Å². The molecule has 3 N–H and O–H groups in total. The highest BCUT2D eigenvalue weighted by atomic mass is 16.2. The number of benzene rings is 1. The molecule has 6 nitrogen and oxygen atoms in total. The number of piperidine rings is 1. The van der Waals surface area contributed by atoms with Gasteiger partial charge in [-0.05, 0) is 78.1 Å². The van der Waals surface area contributed by atoms with Crippen molar-refractivity contribution >= 4 is 12.2 Å². The van der Waals surface area contributed by atoms with Crippen molar-refractivity contribution in [1.82, 2.24) is 15.1 Å². The molecule has 188 valence electrons. The lowest BCUT2D eigenvalue weighted by atomic mass is 9.96. The normalized spacial score (nSPS) is 19.8. The molecule has 1 amide bonds. The molecule has 0 radical (unpaired) electrons. The first-order valence-electron chi connectivity index (χ1n) is 12.8. The van der Waals surface area contributed by atoms with Crippen molar-refractivity contribution in [2.45, 2.75) is 96.8 Å². The molecule has 2 fully saturated rings. The molecule has 2 atom stereocenters. The Bertz CT molecular complexity index is 682. The van der Waals surface area contributed by atoms with Crippen LogP contribution in [-0.4, -0.2) is 73.3 Å². The molecule has 1 saturated heterocycles. The largest absolute Gasteiger partial charge is 0.339 e. The van der Waals surface area contributed by atoms with E-state index in [0.717, 1.165) is 50.6 Å². The van der Waals surface area contributed by atoms with E-state index in [2.05, 4.69) is 41.7 Å². The van der Waals surface area contributed by atoms with Gasteiger partial charge >= 0.3 is 0 Å². The average molecular weight is 461 g/mol. The van der Waals surface area contributed by atoms with Crippen LogP contribution in [0.25, 0.3) is 0 Å². The van der Waals surface area contributed by atoms with Gasteiger partial charge < -0.3 is 16.0 Å². The molecule has 33 heavy (non-hydrogen) atoms. The van der Waals surface area contributed by atoms with E-state index in [1.807, 2.05) is 32.0 Å². The number of nitrogens with two attached hydrogens (primary N) is 1. The average Bonchev–Trinajstić information content (AvgIpc) is 3.69. The van der Waals surface area contributed by atoms with Crippen LogP contribution in [0.1, 0.15) is 82.1 Å². The molecule has 1 aromatic rings. The molecule has 1 saturated carbocycles. The maximum absolute atomic E-state index is 12.9. The van der Waals surface area contributed by atoms with Crippen molar-refractivity contribution in [3.05, 3.63) is 35.4 Å². The number of hydrogen-bond acceptors (Lipinski definition) is 5. The van der Waals surface area contributed by atoms with Crippen LogP contribution in [0.5, 0.6) is 0 Å². The van der Waals surface area contributed by atoms with E-state index in [1.165, 1.54) is 19.9 Å². The molecule has 2 aliphatic rings. The van der Waals surface area contributed by atoms with Crippen LogP contribution >= 0.6 is 0 Å². The molecule has 1 unspecified atom stereocenters. The Labute approximate surface area is 202 Å². The zero-order valence-electron chi connectivity index (χ0n) is 21.8. The summed E-state index contributed by atoms with van der Waals surface area (Å²) in [6.45, 7) is 10.4. The molecule has 0 bridgehead atoms. The molecule has 3 rings (SSSR count). The maximum atomic E-state index is 12.9. The zero-order valence-corrected chi connectivity index (χ0v) is 21.8. The number of aldehydes is 1. The van der Waals surface area contributed by atoms with Gasteiger partial charge in [-0.2, -0.15) is 0 Å². The van der Waals surface area contributed by atoms with Gasteiger partial charge in [-0.25, -0.2) is 0 Å². The number of carbonyl (C=O) groups excluding carboxylic acids is 2. The number of amides is 1. The smallest absolute Gasteiger partial charge is 0.227 e. The Hall–Kier alpha value is -1.76. The maximum Gasteiger partial charge on any atom is 0.227 e. The standard InChI is InChI=1S/C24H37N3O2.C2H6.CH5N/c1-18(2)26(3)23-10-9-21(25-16-23)8-5-13-27(22-11-12-22)24(29)15-19-6-4-7-20(14-19)17-28;2*1-2/h4,6-7,14,17-18,21-23,25H,5,8-13,15-16H2,1-3H3;1-2H3;2H2,1H3/t21?,23-;;/m1../s1. The fourth-order valence-corrected chi connectivity index (χ4v) is 4.37. The summed E-state index contributed by atoms with van der Waals surface area (Å²) in [6, 6.07) is 9.63. The summed E-state index contributed by atoms with van der Waals surface area (Å²) < 4.78 is 0. The van der Waals surface area contributed by atoms with Gasteiger partial charge in [0.15, 0.2) is 0 Å². The minimum Gasteiger partial charge on any atom is -0.339 e. The number of carbonyl (C=O) groups is 2. The Morgan fingerprint density at radius 2 is 1.82 bits per heavy atom. The quantitative estimate of drug-likeness (QED) is 0.518. The monoisotopic (exact) mass is 460 g/mol. The van der Waals surface area contributed by atoms with Crippen molar-refractivity contribution in [1.29, 1.82) is 0 Å². The van der Waals surface area contributed by atoms with E-state index in [9.17, 15) is 9.59 Å². The summed E-state index contributed by atoms with van der Waals surface area (Å²) in [5.74, 6) is 0.200. The van der Waals surface area contributed by atoms with Gasteiger partial charge in [0.25, 0.3) is 0 Å². The lowest BCUT2D eigenvalue weighted by Crippen LogP contribution is -2.50. The van der Waals surface area contributed by atoms with Crippen LogP contribution in [0.3, 0.4) is 0 Å². The van der Waals surface area contributed by atoms with Crippen LogP contribution in [0, 0.1) is 0 Å². The second kappa shape index (κ2) is 16.0. The van der Waals surface area contributed by atoms with E-state index >= 15 is 0 Å². The third-order valence-electron chi connectivity index (χ3n) is 6.58. The molecule has 1 aromatic carbocycles. The third kappa shape index (κ3) is 9.95. The van der Waals surface area contributed by atoms with Crippen molar-refractivity contribution < 1.29 is 9.59 Å². The third-order valence-corrected chi connectivity index (χ3v) is 6.58. The highest BCUT2D eigenvalue weighted by molar-refractivity contribution is 5.81. The van der Waals surface area contributed by atoms with Crippen LogP contribution in [-0.2, 0) is 11.2 Å². The molecule has 0 aromatic heterocycles. The van der Waals surface area contributed by atoms with Gasteiger partial charge in [0.1, 0.15) is 6.29 Å². The summed E-state index contributed by atoms with van der Waals surface area (Å²) in [7, 11) is 3.72. The molecule has 1 aliphatic heterocycles. The fraction of sp³-hybridized carbons (Fsp3) is 0.704.